The Kier molecular flexibility index (Phi) is 8.32. The largest absolute Gasteiger partial charge is 0.496 e. The summed E-state index contributed by atoms with van der Waals surface area (Å²) in [6.07, 6.45) is 0.524. The summed E-state index contributed by atoms with van der Waals surface area (Å²) in [6, 6.07) is 14.7. The number of fused-ring (bicyclic) bond motifs is 1. The standard InChI is InChI=1S/C25H36N4O2/c1-5-26-25(28-19(3)23-14-18(2)10-11-24(23)31-4)27-15-22(30)17-29-13-12-20-8-6-7-9-21(20)16-29/h6-11,14,19,22,30H,5,12-13,15-17H2,1-4H3,(H2,26,27,28). The van der Waals surface area contributed by atoms with Gasteiger partial charge in [0.05, 0.1) is 25.8 Å². The summed E-state index contributed by atoms with van der Waals surface area (Å²) in [5.41, 5.74) is 5.05. The normalized spacial score (nSPS) is 16.4. The second kappa shape index (κ2) is 11.2. The van der Waals surface area contributed by atoms with Crippen LogP contribution in [0, 0.1) is 6.92 Å². The molecule has 1 heterocycles. The van der Waals surface area contributed by atoms with Crippen LogP contribution >= 0.6 is 0 Å². The molecule has 0 saturated heterocycles. The highest BCUT2D eigenvalue weighted by atomic mass is 16.5. The molecule has 3 N–H and O–H groups in total. The summed E-state index contributed by atoms with van der Waals surface area (Å²) in [6.45, 7) is 9.79. The molecule has 0 saturated carbocycles. The summed E-state index contributed by atoms with van der Waals surface area (Å²) >= 11 is 0. The number of hydrogen-bond acceptors (Lipinski definition) is 4. The molecule has 0 bridgehead atoms. The number of nitrogens with zero attached hydrogens (tertiary/aromatic N) is 2. The maximum Gasteiger partial charge on any atom is 0.191 e. The van der Waals surface area contributed by atoms with Crippen LogP contribution < -0.4 is 15.4 Å². The van der Waals surface area contributed by atoms with Crippen LogP contribution in [0.3, 0.4) is 0 Å². The number of benzene rings is 2. The van der Waals surface area contributed by atoms with Gasteiger partial charge >= 0.3 is 0 Å². The SMILES string of the molecule is CCNC(=NCC(O)CN1CCc2ccccc2C1)NC(C)c1cc(C)ccc1OC. The Labute approximate surface area is 186 Å². The van der Waals surface area contributed by atoms with Gasteiger partial charge in [-0.05, 0) is 44.4 Å². The van der Waals surface area contributed by atoms with Gasteiger partial charge in [0, 0.05) is 31.7 Å². The van der Waals surface area contributed by atoms with E-state index in [-0.39, 0.29) is 6.04 Å². The van der Waals surface area contributed by atoms with E-state index in [0.717, 1.165) is 37.4 Å². The maximum absolute atomic E-state index is 10.6. The average molecular weight is 425 g/mol. The highest BCUT2D eigenvalue weighted by Crippen LogP contribution is 2.26. The van der Waals surface area contributed by atoms with E-state index in [1.165, 1.54) is 16.7 Å². The number of methoxy groups -OCH3 is 1. The Bertz CT molecular complexity index is 884. The molecule has 6 heteroatoms. The quantitative estimate of drug-likeness (QED) is 0.449. The molecule has 2 atom stereocenters. The van der Waals surface area contributed by atoms with Gasteiger partial charge in [-0.3, -0.25) is 9.89 Å². The summed E-state index contributed by atoms with van der Waals surface area (Å²) in [7, 11) is 1.69. The van der Waals surface area contributed by atoms with Gasteiger partial charge in [-0.15, -0.1) is 0 Å². The molecule has 0 aromatic heterocycles. The van der Waals surface area contributed by atoms with Gasteiger partial charge in [0.1, 0.15) is 5.75 Å². The van der Waals surface area contributed by atoms with Crippen LogP contribution in [0.15, 0.2) is 47.5 Å². The van der Waals surface area contributed by atoms with Gasteiger partial charge in [0.2, 0.25) is 0 Å². The fourth-order valence-corrected chi connectivity index (χ4v) is 4.06. The van der Waals surface area contributed by atoms with Crippen LogP contribution in [0.5, 0.6) is 5.75 Å². The van der Waals surface area contributed by atoms with Gasteiger partial charge in [-0.1, -0.05) is 42.0 Å². The van der Waals surface area contributed by atoms with Gasteiger partial charge in [-0.2, -0.15) is 0 Å². The number of nitrogens with one attached hydrogen (secondary N) is 2. The molecule has 0 amide bonds. The molecule has 0 radical (unpaired) electrons. The van der Waals surface area contributed by atoms with Gasteiger partial charge < -0.3 is 20.5 Å². The number of hydrogen-bond donors (Lipinski definition) is 3. The van der Waals surface area contributed by atoms with Gasteiger partial charge in [0.25, 0.3) is 0 Å². The fourth-order valence-electron chi connectivity index (χ4n) is 4.06. The molecular formula is C25H36N4O2. The minimum atomic E-state index is -0.510. The number of aliphatic hydroxyl groups is 1. The molecule has 0 spiro atoms. The zero-order valence-electron chi connectivity index (χ0n) is 19.2. The second-order valence-electron chi connectivity index (χ2n) is 8.24. The fraction of sp³-hybridized carbons (Fsp3) is 0.480. The van der Waals surface area contributed by atoms with Crippen LogP contribution in [-0.4, -0.2) is 55.4 Å². The molecule has 31 heavy (non-hydrogen) atoms. The minimum absolute atomic E-state index is 0.0170. The summed E-state index contributed by atoms with van der Waals surface area (Å²) in [4.78, 5) is 6.95. The highest BCUT2D eigenvalue weighted by Gasteiger charge is 2.19. The lowest BCUT2D eigenvalue weighted by Gasteiger charge is -2.30. The Morgan fingerprint density at radius 1 is 1.23 bits per heavy atom. The minimum Gasteiger partial charge on any atom is -0.496 e. The smallest absolute Gasteiger partial charge is 0.191 e. The van der Waals surface area contributed by atoms with Crippen molar-refractivity contribution >= 4 is 5.96 Å². The zero-order chi connectivity index (χ0) is 22.2. The molecule has 3 rings (SSSR count). The number of β-amino-alcohol motifs (C(OH)–C–C–N with tert-alkyl or cyclic N) is 1. The molecule has 168 valence electrons. The van der Waals surface area contributed by atoms with Crippen molar-refractivity contribution in [2.24, 2.45) is 4.99 Å². The lowest BCUT2D eigenvalue weighted by Crippen LogP contribution is -2.41. The molecule has 1 aliphatic rings. The Hall–Kier alpha value is -2.57. The van der Waals surface area contributed by atoms with Crippen LogP contribution in [0.1, 0.15) is 42.1 Å². The van der Waals surface area contributed by atoms with Crippen molar-refractivity contribution < 1.29 is 9.84 Å². The van der Waals surface area contributed by atoms with E-state index in [1.54, 1.807) is 7.11 Å². The molecule has 2 unspecified atom stereocenters. The molecule has 2 aromatic carbocycles. The molecule has 1 aliphatic heterocycles. The topological polar surface area (TPSA) is 69.1 Å². The Balaban J connectivity index is 1.58. The first-order chi connectivity index (χ1) is 15.0. The average Bonchev–Trinajstić information content (AvgIpc) is 2.77. The van der Waals surface area contributed by atoms with Gasteiger partial charge in [-0.25, -0.2) is 0 Å². The number of aliphatic imine (C=N–C) groups is 1. The monoisotopic (exact) mass is 424 g/mol. The molecule has 2 aromatic rings. The zero-order valence-corrected chi connectivity index (χ0v) is 19.2. The maximum atomic E-state index is 10.6. The molecular weight excluding hydrogens is 388 g/mol. The van der Waals surface area contributed by atoms with E-state index >= 15 is 0 Å². The lowest BCUT2D eigenvalue weighted by atomic mass is 10.00. The van der Waals surface area contributed by atoms with Crippen molar-refractivity contribution in [1.82, 2.24) is 15.5 Å². The van der Waals surface area contributed by atoms with Crippen LogP contribution in [0.2, 0.25) is 0 Å². The van der Waals surface area contributed by atoms with Crippen LogP contribution in [-0.2, 0) is 13.0 Å². The Morgan fingerprint density at radius 2 is 2.00 bits per heavy atom. The number of aryl methyl sites for hydroxylation is 1. The van der Waals surface area contributed by atoms with Crippen molar-refractivity contribution in [2.45, 2.75) is 45.9 Å². The first kappa shape index (κ1) is 23.1. The third-order valence-corrected chi connectivity index (χ3v) is 5.69. The first-order valence-electron chi connectivity index (χ1n) is 11.2. The number of ether oxygens (including phenoxy) is 1. The summed E-state index contributed by atoms with van der Waals surface area (Å²) in [5.74, 6) is 1.55. The number of guanidine groups is 1. The van der Waals surface area contributed by atoms with Crippen molar-refractivity contribution in [2.75, 3.05) is 33.3 Å². The summed E-state index contributed by atoms with van der Waals surface area (Å²) in [5, 5.41) is 17.3. The van der Waals surface area contributed by atoms with Crippen molar-refractivity contribution in [3.05, 3.63) is 64.7 Å². The predicted octanol–water partition coefficient (Wildman–Crippen LogP) is 3.04. The van der Waals surface area contributed by atoms with E-state index < -0.39 is 6.10 Å². The molecule has 0 aliphatic carbocycles. The van der Waals surface area contributed by atoms with Crippen LogP contribution in [0.25, 0.3) is 0 Å². The van der Waals surface area contributed by atoms with E-state index in [1.807, 2.05) is 19.1 Å². The van der Waals surface area contributed by atoms with E-state index in [0.29, 0.717) is 19.0 Å². The second-order valence-corrected chi connectivity index (χ2v) is 8.24. The van der Waals surface area contributed by atoms with Crippen molar-refractivity contribution in [3.63, 3.8) is 0 Å². The Morgan fingerprint density at radius 3 is 2.74 bits per heavy atom. The van der Waals surface area contributed by atoms with E-state index in [2.05, 4.69) is 64.7 Å². The number of aliphatic hydroxyl groups excluding tert-OH is 1. The highest BCUT2D eigenvalue weighted by molar-refractivity contribution is 5.80. The van der Waals surface area contributed by atoms with Crippen molar-refractivity contribution in [1.29, 1.82) is 0 Å². The van der Waals surface area contributed by atoms with Crippen LogP contribution in [0.4, 0.5) is 0 Å². The first-order valence-corrected chi connectivity index (χ1v) is 11.2. The van der Waals surface area contributed by atoms with Gasteiger partial charge in [0.15, 0.2) is 5.96 Å². The molecule has 6 nitrogen and oxygen atoms in total. The predicted molar refractivity (Wildman–Crippen MR) is 127 cm³/mol. The van der Waals surface area contributed by atoms with E-state index in [4.69, 9.17) is 4.74 Å². The third kappa shape index (κ3) is 6.45. The third-order valence-electron chi connectivity index (χ3n) is 5.69. The van der Waals surface area contributed by atoms with Crippen molar-refractivity contribution in [3.8, 4) is 5.75 Å². The van der Waals surface area contributed by atoms with E-state index in [9.17, 15) is 5.11 Å². The summed E-state index contributed by atoms with van der Waals surface area (Å²) < 4.78 is 5.52. The lowest BCUT2D eigenvalue weighted by molar-refractivity contribution is 0.111. The molecule has 0 fully saturated rings. The number of rotatable bonds is 8.